The van der Waals surface area contributed by atoms with Gasteiger partial charge in [-0.3, -0.25) is 9.80 Å². The molecule has 0 bridgehead atoms. The minimum atomic E-state index is -0.284. The number of para-hydroxylation sites is 1. The molecule has 1 atom stereocenters. The van der Waals surface area contributed by atoms with Crippen LogP contribution in [0, 0.1) is 12.7 Å². The molecule has 0 aliphatic carbocycles. The molecule has 3 heterocycles. The maximum absolute atomic E-state index is 13.8. The Hall–Kier alpha value is -2.32. The number of benzene rings is 1. The van der Waals surface area contributed by atoms with Crippen molar-refractivity contribution in [2.24, 2.45) is 0 Å². The van der Waals surface area contributed by atoms with Gasteiger partial charge in [-0.2, -0.15) is 4.98 Å². The summed E-state index contributed by atoms with van der Waals surface area (Å²) in [4.78, 5) is 16.6. The number of hydrogen-bond donors (Lipinski definition) is 1. The number of fused-ring (bicyclic) bond motifs is 1. The van der Waals surface area contributed by atoms with Crippen molar-refractivity contribution in [2.45, 2.75) is 26.4 Å². The fraction of sp³-hybridized carbons (Fsp3) is 0.471. The fourth-order valence-electron chi connectivity index (χ4n) is 3.28. The van der Waals surface area contributed by atoms with Crippen LogP contribution < -0.4 is 0 Å². The van der Waals surface area contributed by atoms with Crippen LogP contribution in [0.4, 0.5) is 4.39 Å². The number of rotatable bonds is 4. The first-order valence-electron chi connectivity index (χ1n) is 8.50. The van der Waals surface area contributed by atoms with Crippen molar-refractivity contribution >= 4 is 11.0 Å². The third kappa shape index (κ3) is 3.27. The van der Waals surface area contributed by atoms with Crippen molar-refractivity contribution < 1.29 is 8.91 Å². The van der Waals surface area contributed by atoms with Crippen LogP contribution >= 0.6 is 0 Å². The third-order valence-corrected chi connectivity index (χ3v) is 4.74. The Labute approximate surface area is 144 Å². The first-order chi connectivity index (χ1) is 12.1. The van der Waals surface area contributed by atoms with E-state index in [2.05, 4.69) is 36.8 Å². The zero-order chi connectivity index (χ0) is 17.4. The minimum Gasteiger partial charge on any atom is -0.341 e. The SMILES string of the molecule is Cc1noc([C@H](C)N2CCN(Cc3nc4c(F)cccc4[nH]3)CC2)n1. The van der Waals surface area contributed by atoms with Crippen molar-refractivity contribution in [3.63, 3.8) is 0 Å². The standard InChI is InChI=1S/C17H21FN6O/c1-11(17-19-12(2)22-25-17)24-8-6-23(7-9-24)10-15-20-14-5-3-4-13(18)16(14)21-15/h3-5,11H,6-10H2,1-2H3,(H,20,21)/t11-/m0/s1. The first kappa shape index (κ1) is 16.2. The molecular formula is C17H21FN6O. The highest BCUT2D eigenvalue weighted by molar-refractivity contribution is 5.75. The van der Waals surface area contributed by atoms with Gasteiger partial charge < -0.3 is 9.51 Å². The van der Waals surface area contributed by atoms with Gasteiger partial charge in [0.1, 0.15) is 11.3 Å². The van der Waals surface area contributed by atoms with Crippen molar-refractivity contribution in [1.29, 1.82) is 0 Å². The van der Waals surface area contributed by atoms with Gasteiger partial charge in [-0.1, -0.05) is 11.2 Å². The van der Waals surface area contributed by atoms with Crippen LogP contribution in [0.1, 0.15) is 30.5 Å². The molecule has 0 saturated carbocycles. The van der Waals surface area contributed by atoms with Crippen LogP contribution in [0.3, 0.4) is 0 Å². The second kappa shape index (κ2) is 6.53. The second-order valence-corrected chi connectivity index (χ2v) is 6.49. The maximum atomic E-state index is 13.8. The summed E-state index contributed by atoms with van der Waals surface area (Å²) in [7, 11) is 0. The second-order valence-electron chi connectivity index (χ2n) is 6.49. The van der Waals surface area contributed by atoms with Crippen molar-refractivity contribution in [1.82, 2.24) is 29.9 Å². The van der Waals surface area contributed by atoms with Crippen LogP contribution in [0.5, 0.6) is 0 Å². The summed E-state index contributed by atoms with van der Waals surface area (Å²) in [6.45, 7) is 8.26. The molecule has 0 radical (unpaired) electrons. The van der Waals surface area contributed by atoms with Crippen LogP contribution in [-0.2, 0) is 6.54 Å². The number of aromatic amines is 1. The highest BCUT2D eigenvalue weighted by Crippen LogP contribution is 2.21. The predicted octanol–water partition coefficient (Wildman–Crippen LogP) is 2.27. The predicted molar refractivity (Wildman–Crippen MR) is 90.4 cm³/mol. The van der Waals surface area contributed by atoms with Gasteiger partial charge in [0.25, 0.3) is 0 Å². The average Bonchev–Trinajstić information content (AvgIpc) is 3.22. The zero-order valence-electron chi connectivity index (χ0n) is 14.4. The van der Waals surface area contributed by atoms with E-state index in [1.165, 1.54) is 6.07 Å². The lowest BCUT2D eigenvalue weighted by molar-refractivity contribution is 0.0833. The number of nitrogens with zero attached hydrogens (tertiary/aromatic N) is 5. The van der Waals surface area contributed by atoms with E-state index in [9.17, 15) is 4.39 Å². The van der Waals surface area contributed by atoms with Gasteiger partial charge in [0.2, 0.25) is 5.89 Å². The van der Waals surface area contributed by atoms with Crippen LogP contribution in [-0.4, -0.2) is 56.1 Å². The Morgan fingerprint density at radius 2 is 2.04 bits per heavy atom. The van der Waals surface area contributed by atoms with Crippen molar-refractivity contribution in [3.05, 3.63) is 41.6 Å². The summed E-state index contributed by atoms with van der Waals surface area (Å²) in [5.74, 6) is 1.85. The Morgan fingerprint density at radius 1 is 1.24 bits per heavy atom. The van der Waals surface area contributed by atoms with Gasteiger partial charge in [0.05, 0.1) is 18.1 Å². The van der Waals surface area contributed by atoms with E-state index in [-0.39, 0.29) is 11.9 Å². The molecule has 0 spiro atoms. The van der Waals surface area contributed by atoms with Gasteiger partial charge in [0.15, 0.2) is 11.6 Å². The molecule has 1 saturated heterocycles. The smallest absolute Gasteiger partial charge is 0.243 e. The molecule has 8 heteroatoms. The summed E-state index contributed by atoms with van der Waals surface area (Å²) in [5.41, 5.74) is 1.16. The van der Waals surface area contributed by atoms with Crippen molar-refractivity contribution in [3.8, 4) is 0 Å². The lowest BCUT2D eigenvalue weighted by atomic mass is 10.2. The number of nitrogens with one attached hydrogen (secondary N) is 1. The minimum absolute atomic E-state index is 0.114. The number of aryl methyl sites for hydroxylation is 1. The molecule has 1 aliphatic rings. The largest absolute Gasteiger partial charge is 0.341 e. The van der Waals surface area contributed by atoms with Gasteiger partial charge in [0, 0.05) is 26.2 Å². The quantitative estimate of drug-likeness (QED) is 0.783. The van der Waals surface area contributed by atoms with E-state index < -0.39 is 0 Å². The Balaban J connectivity index is 1.37. The molecule has 3 aromatic rings. The van der Waals surface area contributed by atoms with Gasteiger partial charge in [-0.15, -0.1) is 0 Å². The number of piperazine rings is 1. The summed E-state index contributed by atoms with van der Waals surface area (Å²) >= 11 is 0. The average molecular weight is 344 g/mol. The normalized spacial score (nSPS) is 18.0. The third-order valence-electron chi connectivity index (χ3n) is 4.74. The van der Waals surface area contributed by atoms with E-state index in [1.54, 1.807) is 6.07 Å². The molecule has 1 aliphatic heterocycles. The van der Waals surface area contributed by atoms with Crippen LogP contribution in [0.25, 0.3) is 11.0 Å². The van der Waals surface area contributed by atoms with Crippen LogP contribution in [0.15, 0.2) is 22.7 Å². The summed E-state index contributed by atoms with van der Waals surface area (Å²) in [6.07, 6.45) is 0. The topological polar surface area (TPSA) is 74.1 Å². The van der Waals surface area contributed by atoms with Gasteiger partial charge in [-0.05, 0) is 26.0 Å². The Morgan fingerprint density at radius 3 is 2.72 bits per heavy atom. The Bertz CT molecular complexity index is 867. The highest BCUT2D eigenvalue weighted by Gasteiger charge is 2.25. The molecule has 132 valence electrons. The number of H-pyrrole nitrogens is 1. The van der Waals surface area contributed by atoms with E-state index in [0.29, 0.717) is 23.8 Å². The zero-order valence-corrected chi connectivity index (χ0v) is 14.4. The molecule has 1 fully saturated rings. The molecular weight excluding hydrogens is 323 g/mol. The summed E-state index contributed by atoms with van der Waals surface area (Å²) in [5, 5.41) is 3.86. The monoisotopic (exact) mass is 344 g/mol. The van der Waals surface area contributed by atoms with Crippen molar-refractivity contribution in [2.75, 3.05) is 26.2 Å². The molecule has 2 aromatic heterocycles. The lowest BCUT2D eigenvalue weighted by Gasteiger charge is -2.36. The van der Waals surface area contributed by atoms with E-state index in [4.69, 9.17) is 4.52 Å². The number of imidazole rings is 1. The van der Waals surface area contributed by atoms with Crippen LogP contribution in [0.2, 0.25) is 0 Å². The van der Waals surface area contributed by atoms with E-state index in [1.807, 2.05) is 13.0 Å². The number of halogens is 1. The Kier molecular flexibility index (Phi) is 4.22. The molecule has 0 unspecified atom stereocenters. The maximum Gasteiger partial charge on any atom is 0.243 e. The van der Waals surface area contributed by atoms with Gasteiger partial charge in [-0.25, -0.2) is 9.37 Å². The molecule has 4 rings (SSSR count). The molecule has 25 heavy (non-hydrogen) atoms. The summed E-state index contributed by atoms with van der Waals surface area (Å²) < 4.78 is 19.0. The molecule has 1 aromatic carbocycles. The molecule has 0 amide bonds. The first-order valence-corrected chi connectivity index (χ1v) is 8.50. The van der Waals surface area contributed by atoms with E-state index in [0.717, 1.165) is 37.5 Å². The highest BCUT2D eigenvalue weighted by atomic mass is 19.1. The number of aromatic nitrogens is 4. The fourth-order valence-corrected chi connectivity index (χ4v) is 3.28. The molecule has 1 N–H and O–H groups in total. The lowest BCUT2D eigenvalue weighted by Crippen LogP contribution is -2.46. The van der Waals surface area contributed by atoms with Gasteiger partial charge >= 0.3 is 0 Å². The summed E-state index contributed by atoms with van der Waals surface area (Å²) in [6, 6.07) is 5.09. The molecule has 7 nitrogen and oxygen atoms in total. The van der Waals surface area contributed by atoms with E-state index >= 15 is 0 Å². The number of hydrogen-bond acceptors (Lipinski definition) is 6.